The van der Waals surface area contributed by atoms with E-state index in [9.17, 15) is 49.1 Å². The summed E-state index contributed by atoms with van der Waals surface area (Å²) in [7, 11) is 0.924. The zero-order valence-electron chi connectivity index (χ0n) is 22.7. The minimum absolute atomic E-state index is 0.0471. The van der Waals surface area contributed by atoms with Gasteiger partial charge in [-0.2, -0.15) is 39.5 Å². The molecular formula is C27H27F9N2O4. The Morgan fingerprint density at radius 1 is 0.905 bits per heavy atom. The number of hydrogen-bond donors (Lipinski definition) is 0. The van der Waals surface area contributed by atoms with Crippen LogP contribution in [-0.4, -0.2) is 42.4 Å². The SMILES string of the molecule is CCC1C(N(Cc2cc(C(F)(F)F)cc(C(F)(F)F)c2)C(=O)OC)Cc2cc(C(F)(F)F)ccc2N1C(=O)OC(C)C. The van der Waals surface area contributed by atoms with Crippen LogP contribution < -0.4 is 4.90 Å². The Morgan fingerprint density at radius 3 is 1.90 bits per heavy atom. The van der Waals surface area contributed by atoms with Crippen molar-refractivity contribution in [3.05, 3.63) is 64.2 Å². The molecule has 0 N–H and O–H groups in total. The summed E-state index contributed by atoms with van der Waals surface area (Å²) in [5.41, 5.74) is -4.85. The van der Waals surface area contributed by atoms with Gasteiger partial charge in [0.25, 0.3) is 0 Å². The lowest BCUT2D eigenvalue weighted by Gasteiger charge is -2.45. The summed E-state index contributed by atoms with van der Waals surface area (Å²) in [4.78, 5) is 28.0. The molecular weight excluding hydrogens is 587 g/mol. The van der Waals surface area contributed by atoms with Gasteiger partial charge in [0, 0.05) is 6.54 Å². The van der Waals surface area contributed by atoms with Crippen LogP contribution in [0.4, 0.5) is 54.8 Å². The van der Waals surface area contributed by atoms with E-state index in [4.69, 9.17) is 9.47 Å². The molecule has 2 amide bonds. The van der Waals surface area contributed by atoms with E-state index in [1.807, 2.05) is 0 Å². The minimum Gasteiger partial charge on any atom is -0.453 e. The van der Waals surface area contributed by atoms with Crippen molar-refractivity contribution in [1.82, 2.24) is 4.90 Å². The lowest BCUT2D eigenvalue weighted by Crippen LogP contribution is -2.59. The number of rotatable bonds is 5. The highest BCUT2D eigenvalue weighted by Gasteiger charge is 2.44. The van der Waals surface area contributed by atoms with Crippen molar-refractivity contribution in [2.45, 2.75) is 76.9 Å². The van der Waals surface area contributed by atoms with Gasteiger partial charge in [0.05, 0.1) is 47.7 Å². The average Bonchev–Trinajstić information content (AvgIpc) is 2.87. The van der Waals surface area contributed by atoms with E-state index in [-0.39, 0.29) is 30.2 Å². The first-order valence-electron chi connectivity index (χ1n) is 12.6. The number of fused-ring (bicyclic) bond motifs is 1. The summed E-state index contributed by atoms with van der Waals surface area (Å²) >= 11 is 0. The number of alkyl halides is 9. The van der Waals surface area contributed by atoms with Crippen molar-refractivity contribution in [2.75, 3.05) is 12.0 Å². The number of hydrogen-bond acceptors (Lipinski definition) is 4. The normalized spacial score (nSPS) is 17.6. The van der Waals surface area contributed by atoms with Gasteiger partial charge in [0.2, 0.25) is 0 Å². The fraction of sp³-hybridized carbons (Fsp3) is 0.481. The van der Waals surface area contributed by atoms with Gasteiger partial charge in [0.1, 0.15) is 0 Å². The van der Waals surface area contributed by atoms with Gasteiger partial charge in [-0.25, -0.2) is 9.59 Å². The van der Waals surface area contributed by atoms with E-state index >= 15 is 0 Å². The van der Waals surface area contributed by atoms with Gasteiger partial charge in [-0.1, -0.05) is 6.92 Å². The standard InChI is InChI=1S/C27H27F9N2O4/c1-5-20-22(11-16-10-17(25(28,29)30)6-7-21(16)38(20)24(40)42-14(2)3)37(23(39)41-4)13-15-8-18(26(31,32)33)12-19(9-15)27(34,35)36/h6-10,12,14,20,22H,5,11,13H2,1-4H3. The largest absolute Gasteiger partial charge is 0.453 e. The second-order valence-corrected chi connectivity index (χ2v) is 9.90. The summed E-state index contributed by atoms with van der Waals surface area (Å²) in [6.07, 6.45) is -18.2. The number of methoxy groups -OCH3 is 1. The Labute approximate surface area is 235 Å². The second kappa shape index (κ2) is 11.9. The van der Waals surface area contributed by atoms with Crippen LogP contribution in [0.15, 0.2) is 36.4 Å². The van der Waals surface area contributed by atoms with Gasteiger partial charge < -0.3 is 9.47 Å². The molecule has 3 rings (SSSR count). The Morgan fingerprint density at radius 2 is 1.45 bits per heavy atom. The van der Waals surface area contributed by atoms with Crippen molar-refractivity contribution in [2.24, 2.45) is 0 Å². The molecule has 1 aliphatic heterocycles. The predicted molar refractivity (Wildman–Crippen MR) is 132 cm³/mol. The molecule has 2 atom stereocenters. The fourth-order valence-electron chi connectivity index (χ4n) is 4.88. The number of halogens is 9. The first-order chi connectivity index (χ1) is 19.3. The van der Waals surface area contributed by atoms with Gasteiger partial charge in [0.15, 0.2) is 0 Å². The molecule has 6 nitrogen and oxygen atoms in total. The number of benzene rings is 2. The molecule has 15 heteroatoms. The van der Waals surface area contributed by atoms with Crippen LogP contribution in [0.25, 0.3) is 0 Å². The molecule has 0 bridgehead atoms. The summed E-state index contributed by atoms with van der Waals surface area (Å²) in [5, 5.41) is 0. The second-order valence-electron chi connectivity index (χ2n) is 9.90. The number of amides is 2. The Hall–Kier alpha value is -3.65. The minimum atomic E-state index is -5.16. The van der Waals surface area contributed by atoms with Gasteiger partial charge in [-0.05, 0) is 74.2 Å². The topological polar surface area (TPSA) is 59.1 Å². The van der Waals surface area contributed by atoms with Crippen molar-refractivity contribution in [3.63, 3.8) is 0 Å². The first-order valence-corrected chi connectivity index (χ1v) is 12.6. The van der Waals surface area contributed by atoms with Crippen LogP contribution in [0.5, 0.6) is 0 Å². The van der Waals surface area contributed by atoms with E-state index < -0.39 is 77.7 Å². The van der Waals surface area contributed by atoms with E-state index in [0.717, 1.165) is 35.1 Å². The average molecular weight is 615 g/mol. The van der Waals surface area contributed by atoms with E-state index in [0.29, 0.717) is 12.1 Å². The molecule has 1 aliphatic rings. The van der Waals surface area contributed by atoms with Crippen molar-refractivity contribution >= 4 is 17.9 Å². The number of anilines is 1. The molecule has 0 spiro atoms. The first kappa shape index (κ1) is 32.9. The van der Waals surface area contributed by atoms with Gasteiger partial charge >= 0.3 is 30.7 Å². The highest BCUT2D eigenvalue weighted by molar-refractivity contribution is 5.91. The molecule has 2 aromatic rings. The fourth-order valence-corrected chi connectivity index (χ4v) is 4.88. The highest BCUT2D eigenvalue weighted by Crippen LogP contribution is 2.41. The lowest BCUT2D eigenvalue weighted by molar-refractivity contribution is -0.143. The third-order valence-electron chi connectivity index (χ3n) is 6.63. The Balaban J connectivity index is 2.20. The van der Waals surface area contributed by atoms with Crippen molar-refractivity contribution < 1.29 is 58.6 Å². The molecule has 2 unspecified atom stereocenters. The highest BCUT2D eigenvalue weighted by atomic mass is 19.4. The summed E-state index contributed by atoms with van der Waals surface area (Å²) in [6, 6.07) is 1.18. The van der Waals surface area contributed by atoms with Crippen molar-refractivity contribution in [1.29, 1.82) is 0 Å². The molecule has 42 heavy (non-hydrogen) atoms. The Kier molecular flexibility index (Phi) is 9.32. The molecule has 232 valence electrons. The summed E-state index contributed by atoms with van der Waals surface area (Å²) in [5.74, 6) is 0. The lowest BCUT2D eigenvalue weighted by atomic mass is 9.87. The maximum Gasteiger partial charge on any atom is 0.416 e. The maximum atomic E-state index is 13.5. The molecule has 1 heterocycles. The zero-order chi connectivity index (χ0) is 31.8. The quantitative estimate of drug-likeness (QED) is 0.320. The summed E-state index contributed by atoms with van der Waals surface area (Å²) < 4.78 is 132. The van der Waals surface area contributed by atoms with Crippen LogP contribution in [-0.2, 0) is 41.0 Å². The smallest absolute Gasteiger partial charge is 0.416 e. The molecule has 2 aromatic carbocycles. The van der Waals surface area contributed by atoms with Crippen molar-refractivity contribution in [3.8, 4) is 0 Å². The van der Waals surface area contributed by atoms with Crippen LogP contribution in [0.3, 0.4) is 0 Å². The number of carbonyl (C=O) groups excluding carboxylic acids is 2. The molecule has 0 fully saturated rings. The van der Waals surface area contributed by atoms with Gasteiger partial charge in [-0.15, -0.1) is 0 Å². The predicted octanol–water partition coefficient (Wildman–Crippen LogP) is 8.07. The molecule has 0 radical (unpaired) electrons. The van der Waals surface area contributed by atoms with Gasteiger partial charge in [-0.3, -0.25) is 9.80 Å². The molecule has 0 saturated carbocycles. The van der Waals surface area contributed by atoms with Crippen LogP contribution >= 0.6 is 0 Å². The number of nitrogens with zero attached hydrogens (tertiary/aromatic N) is 2. The Bertz CT molecular complexity index is 1270. The molecule has 0 aromatic heterocycles. The number of ether oxygens (including phenoxy) is 2. The van der Waals surface area contributed by atoms with E-state index in [2.05, 4.69) is 0 Å². The number of carbonyl (C=O) groups is 2. The monoisotopic (exact) mass is 614 g/mol. The van der Waals surface area contributed by atoms with E-state index in [1.54, 1.807) is 6.92 Å². The third kappa shape index (κ3) is 7.21. The van der Waals surface area contributed by atoms with Crippen LogP contribution in [0, 0.1) is 0 Å². The van der Waals surface area contributed by atoms with Crippen LogP contribution in [0.2, 0.25) is 0 Å². The molecule has 0 saturated heterocycles. The third-order valence-corrected chi connectivity index (χ3v) is 6.63. The maximum absolute atomic E-state index is 13.5. The molecule has 0 aliphatic carbocycles. The zero-order valence-corrected chi connectivity index (χ0v) is 22.7. The van der Waals surface area contributed by atoms with Crippen LogP contribution in [0.1, 0.15) is 55.0 Å². The van der Waals surface area contributed by atoms with E-state index in [1.165, 1.54) is 13.8 Å². The summed E-state index contributed by atoms with van der Waals surface area (Å²) in [6.45, 7) is 3.80.